The van der Waals surface area contributed by atoms with Crippen molar-refractivity contribution in [3.05, 3.63) is 75.8 Å². The first kappa shape index (κ1) is 19.0. The molecule has 0 unspecified atom stereocenters. The van der Waals surface area contributed by atoms with Crippen molar-refractivity contribution in [2.75, 3.05) is 12.4 Å². The minimum Gasteiger partial charge on any atom is -0.465 e. The van der Waals surface area contributed by atoms with E-state index in [1.54, 1.807) is 18.2 Å². The predicted molar refractivity (Wildman–Crippen MR) is 108 cm³/mol. The minimum atomic E-state index is -0.527. The topological polar surface area (TPSA) is 67.4 Å². The molecule has 138 valence electrons. The number of benzene rings is 3. The van der Waals surface area contributed by atoms with Gasteiger partial charge in [0.05, 0.1) is 23.4 Å². The Balaban J connectivity index is 1.91. The largest absolute Gasteiger partial charge is 0.465 e. The maximum atomic E-state index is 12.4. The maximum absolute atomic E-state index is 12.4. The number of nitrogens with one attached hydrogen (secondary N) is 2. The molecule has 0 atom stereocenters. The van der Waals surface area contributed by atoms with Crippen LogP contribution in [0.25, 0.3) is 10.8 Å². The van der Waals surface area contributed by atoms with Crippen LogP contribution in [0.5, 0.6) is 0 Å². The molecule has 0 aliphatic rings. The molecule has 0 fully saturated rings. The average molecular weight is 403 g/mol. The first-order valence-electron chi connectivity index (χ1n) is 8.08. The van der Waals surface area contributed by atoms with Gasteiger partial charge in [-0.15, -0.1) is 0 Å². The van der Waals surface area contributed by atoms with Gasteiger partial charge in [-0.05, 0) is 35.2 Å². The van der Waals surface area contributed by atoms with E-state index >= 15 is 0 Å². The number of fused-ring (bicyclic) bond motifs is 1. The van der Waals surface area contributed by atoms with Crippen molar-refractivity contribution in [3.8, 4) is 0 Å². The molecule has 0 saturated carbocycles. The first-order chi connectivity index (χ1) is 13.0. The van der Waals surface area contributed by atoms with Gasteiger partial charge >= 0.3 is 12.0 Å². The molecule has 0 saturated heterocycles. The quantitative estimate of drug-likeness (QED) is 0.585. The van der Waals surface area contributed by atoms with Crippen molar-refractivity contribution in [3.63, 3.8) is 0 Å². The Bertz CT molecular complexity index is 1010. The van der Waals surface area contributed by atoms with Crippen molar-refractivity contribution < 1.29 is 14.3 Å². The zero-order valence-electron chi connectivity index (χ0n) is 14.4. The van der Waals surface area contributed by atoms with Gasteiger partial charge in [-0.2, -0.15) is 0 Å². The van der Waals surface area contributed by atoms with Crippen molar-refractivity contribution in [2.45, 2.75) is 6.54 Å². The molecule has 3 rings (SSSR count). The SMILES string of the molecule is COC(=O)c1cc(NC(=O)NCc2ccccc2)c2c(Cl)cc(Cl)cc2c1. The normalized spacial score (nSPS) is 10.5. The van der Waals surface area contributed by atoms with Crippen molar-refractivity contribution in [2.24, 2.45) is 0 Å². The molecule has 5 nitrogen and oxygen atoms in total. The average Bonchev–Trinajstić information content (AvgIpc) is 2.65. The number of methoxy groups -OCH3 is 1. The minimum absolute atomic E-state index is 0.279. The Morgan fingerprint density at radius 1 is 1.04 bits per heavy atom. The van der Waals surface area contributed by atoms with Gasteiger partial charge in [-0.1, -0.05) is 53.5 Å². The van der Waals surface area contributed by atoms with Gasteiger partial charge in [0.15, 0.2) is 0 Å². The number of amides is 2. The molecule has 2 N–H and O–H groups in total. The van der Waals surface area contributed by atoms with Crippen LogP contribution in [0, 0.1) is 0 Å². The molecule has 0 spiro atoms. The third-order valence-corrected chi connectivity index (χ3v) is 4.45. The zero-order chi connectivity index (χ0) is 19.4. The van der Waals surface area contributed by atoms with E-state index in [1.165, 1.54) is 13.2 Å². The van der Waals surface area contributed by atoms with E-state index < -0.39 is 12.0 Å². The van der Waals surface area contributed by atoms with Crippen LogP contribution in [-0.4, -0.2) is 19.1 Å². The van der Waals surface area contributed by atoms with E-state index in [0.717, 1.165) is 5.56 Å². The van der Waals surface area contributed by atoms with Gasteiger partial charge in [0, 0.05) is 17.0 Å². The molecule has 3 aromatic rings. The molecule has 0 aromatic heterocycles. The summed E-state index contributed by atoms with van der Waals surface area (Å²) in [7, 11) is 1.29. The molecular weight excluding hydrogens is 387 g/mol. The molecule has 0 aliphatic heterocycles. The number of hydrogen-bond acceptors (Lipinski definition) is 3. The number of urea groups is 1. The summed E-state index contributed by atoms with van der Waals surface area (Å²) in [4.78, 5) is 24.3. The lowest BCUT2D eigenvalue weighted by Gasteiger charge is -2.13. The Hall–Kier alpha value is -2.76. The number of esters is 1. The number of ether oxygens (including phenoxy) is 1. The lowest BCUT2D eigenvalue weighted by atomic mass is 10.0. The summed E-state index contributed by atoms with van der Waals surface area (Å²) < 4.78 is 4.78. The summed E-state index contributed by atoms with van der Waals surface area (Å²) in [6, 6.07) is 15.5. The highest BCUT2D eigenvalue weighted by atomic mass is 35.5. The summed E-state index contributed by atoms with van der Waals surface area (Å²) in [5.74, 6) is -0.527. The van der Waals surface area contributed by atoms with Gasteiger partial charge in [-0.25, -0.2) is 9.59 Å². The van der Waals surface area contributed by atoms with Crippen molar-refractivity contribution in [1.82, 2.24) is 5.32 Å². The van der Waals surface area contributed by atoms with Crippen LogP contribution >= 0.6 is 23.2 Å². The number of anilines is 1. The van der Waals surface area contributed by atoms with Crippen LogP contribution in [0.15, 0.2) is 54.6 Å². The Morgan fingerprint density at radius 3 is 2.48 bits per heavy atom. The van der Waals surface area contributed by atoms with E-state index in [9.17, 15) is 9.59 Å². The van der Waals surface area contributed by atoms with Crippen LogP contribution in [0.4, 0.5) is 10.5 Å². The number of carbonyl (C=O) groups is 2. The van der Waals surface area contributed by atoms with E-state index in [-0.39, 0.29) is 5.56 Å². The second-order valence-corrected chi connectivity index (χ2v) is 6.64. The molecule has 0 bridgehead atoms. The number of hydrogen-bond donors (Lipinski definition) is 2. The standard InChI is InChI=1S/C20H16Cl2N2O3/c1-27-19(25)14-7-13-8-15(21)10-16(22)18(13)17(9-14)24-20(26)23-11-12-5-3-2-4-6-12/h2-10H,11H2,1H3,(H2,23,24,26). The molecule has 7 heteroatoms. The van der Waals surface area contributed by atoms with Gasteiger partial charge in [0.25, 0.3) is 0 Å². The fourth-order valence-corrected chi connectivity index (χ4v) is 3.32. The smallest absolute Gasteiger partial charge is 0.337 e. The Labute approximate surface area is 166 Å². The third-order valence-electron chi connectivity index (χ3n) is 3.93. The monoisotopic (exact) mass is 402 g/mol. The second-order valence-electron chi connectivity index (χ2n) is 5.79. The van der Waals surface area contributed by atoms with Crippen LogP contribution in [0.1, 0.15) is 15.9 Å². The fourth-order valence-electron chi connectivity index (χ4n) is 2.71. The lowest BCUT2D eigenvalue weighted by molar-refractivity contribution is 0.0601. The number of rotatable bonds is 4. The van der Waals surface area contributed by atoms with Gasteiger partial charge in [0.1, 0.15) is 0 Å². The molecular formula is C20H16Cl2N2O3. The van der Waals surface area contributed by atoms with Gasteiger partial charge in [0.2, 0.25) is 0 Å². The molecule has 3 aromatic carbocycles. The van der Waals surface area contributed by atoms with Crippen LogP contribution < -0.4 is 10.6 Å². The summed E-state index contributed by atoms with van der Waals surface area (Å²) in [6.07, 6.45) is 0. The molecule has 0 heterocycles. The lowest BCUT2D eigenvalue weighted by Crippen LogP contribution is -2.28. The summed E-state index contributed by atoms with van der Waals surface area (Å²) in [5.41, 5.74) is 1.63. The number of halogens is 2. The van der Waals surface area contributed by atoms with E-state index in [2.05, 4.69) is 10.6 Å². The van der Waals surface area contributed by atoms with Crippen molar-refractivity contribution in [1.29, 1.82) is 0 Å². The molecule has 27 heavy (non-hydrogen) atoms. The second kappa shape index (κ2) is 8.29. The molecule has 0 aliphatic carbocycles. The summed E-state index contributed by atoms with van der Waals surface area (Å²) >= 11 is 12.4. The van der Waals surface area contributed by atoms with Crippen LogP contribution in [0.3, 0.4) is 0 Å². The maximum Gasteiger partial charge on any atom is 0.337 e. The molecule has 0 radical (unpaired) electrons. The van der Waals surface area contributed by atoms with Crippen LogP contribution in [-0.2, 0) is 11.3 Å². The summed E-state index contributed by atoms with van der Waals surface area (Å²) in [6.45, 7) is 0.362. The predicted octanol–water partition coefficient (Wildman–Crippen LogP) is 5.25. The third kappa shape index (κ3) is 4.51. The first-order valence-corrected chi connectivity index (χ1v) is 8.83. The van der Waals surface area contributed by atoms with Gasteiger partial charge < -0.3 is 15.4 Å². The number of carbonyl (C=O) groups excluding carboxylic acids is 2. The molecule has 2 amide bonds. The summed E-state index contributed by atoms with van der Waals surface area (Å²) in [5, 5.41) is 7.52. The Kier molecular flexibility index (Phi) is 5.84. The Morgan fingerprint density at radius 2 is 1.78 bits per heavy atom. The van der Waals surface area contributed by atoms with Gasteiger partial charge in [-0.3, -0.25) is 0 Å². The van der Waals surface area contributed by atoms with Crippen LogP contribution in [0.2, 0.25) is 10.0 Å². The highest BCUT2D eigenvalue weighted by Crippen LogP contribution is 2.34. The zero-order valence-corrected chi connectivity index (χ0v) is 15.9. The van der Waals surface area contributed by atoms with E-state index in [1.807, 2.05) is 30.3 Å². The van der Waals surface area contributed by atoms with Crippen molar-refractivity contribution >= 4 is 51.7 Å². The highest BCUT2D eigenvalue weighted by molar-refractivity contribution is 6.40. The fraction of sp³-hybridized carbons (Fsp3) is 0.100. The highest BCUT2D eigenvalue weighted by Gasteiger charge is 2.15. The van der Waals surface area contributed by atoms with E-state index in [0.29, 0.717) is 33.0 Å². The van der Waals surface area contributed by atoms with E-state index in [4.69, 9.17) is 27.9 Å².